The summed E-state index contributed by atoms with van der Waals surface area (Å²) in [6, 6.07) is 0. The molecule has 0 amide bonds. The quantitative estimate of drug-likeness (QED) is 0.440. The third-order valence-electron chi connectivity index (χ3n) is 10.1. The van der Waals surface area contributed by atoms with Crippen LogP contribution >= 0.6 is 0 Å². The van der Waals surface area contributed by atoms with E-state index in [1.54, 1.807) is 44.9 Å². The van der Waals surface area contributed by atoms with Crippen LogP contribution in [0.4, 0.5) is 0 Å². The van der Waals surface area contributed by atoms with Gasteiger partial charge >= 0.3 is 0 Å². The van der Waals surface area contributed by atoms with Crippen molar-refractivity contribution in [3.8, 4) is 0 Å². The summed E-state index contributed by atoms with van der Waals surface area (Å²) < 4.78 is 0. The van der Waals surface area contributed by atoms with E-state index in [9.17, 15) is 0 Å². The Kier molecular flexibility index (Phi) is 8.56. The molecular formula is C28H54. The summed E-state index contributed by atoms with van der Waals surface area (Å²) in [5, 5.41) is 0. The van der Waals surface area contributed by atoms with E-state index >= 15 is 0 Å². The summed E-state index contributed by atoms with van der Waals surface area (Å²) in [6.07, 6.45) is 15.4. The minimum atomic E-state index is 0.674. The van der Waals surface area contributed by atoms with Crippen molar-refractivity contribution in [2.75, 3.05) is 0 Å². The molecule has 0 nitrogen and oxygen atoms in total. The maximum absolute atomic E-state index is 2.70. The van der Waals surface area contributed by atoms with Crippen LogP contribution in [0.5, 0.6) is 0 Å². The molecule has 4 rings (SSSR count). The zero-order valence-electron chi connectivity index (χ0n) is 21.1. The first-order chi connectivity index (χ1) is 13.4. The molecule has 0 bridgehead atoms. The Morgan fingerprint density at radius 1 is 0.750 bits per heavy atom. The highest BCUT2D eigenvalue weighted by atomic mass is 14.6. The molecule has 0 spiro atoms. The average molecular weight is 391 g/mol. The summed E-state index contributed by atoms with van der Waals surface area (Å²) in [7, 11) is 0. The van der Waals surface area contributed by atoms with Gasteiger partial charge in [0.15, 0.2) is 0 Å². The van der Waals surface area contributed by atoms with Gasteiger partial charge in [-0.05, 0) is 110 Å². The Morgan fingerprint density at radius 3 is 2.00 bits per heavy atom. The fourth-order valence-corrected chi connectivity index (χ4v) is 8.64. The predicted molar refractivity (Wildman–Crippen MR) is 127 cm³/mol. The van der Waals surface area contributed by atoms with E-state index in [1.807, 2.05) is 27.7 Å². The molecule has 0 N–H and O–H groups in total. The Labute approximate surface area is 179 Å². The van der Waals surface area contributed by atoms with Crippen molar-refractivity contribution in [1.29, 1.82) is 0 Å². The number of rotatable bonds is 2. The zero-order valence-corrected chi connectivity index (χ0v) is 21.1. The summed E-state index contributed by atoms with van der Waals surface area (Å²) in [6.45, 7) is 20.7. The molecule has 4 fully saturated rings. The molecule has 4 unspecified atom stereocenters. The van der Waals surface area contributed by atoms with Gasteiger partial charge < -0.3 is 0 Å². The summed E-state index contributed by atoms with van der Waals surface area (Å²) in [4.78, 5) is 0. The Morgan fingerprint density at radius 2 is 1.39 bits per heavy atom. The van der Waals surface area contributed by atoms with Gasteiger partial charge in [-0.15, -0.1) is 0 Å². The standard InChI is InChI=1S/C24H42.2C2H6/c1-6-23(4)13-11-18-17(15-23)7-8-20-19(18)12-14-24(5)21(16(2)3)9-10-22(20)24;2*1-2/h16-22H,6-15H2,1-5H3;2*1-2H3/t17?,18?,19-,20?,21?,22+,23+,24-;;/m1../s1. The van der Waals surface area contributed by atoms with Crippen molar-refractivity contribution in [2.45, 2.75) is 127 Å². The molecule has 0 aromatic heterocycles. The third kappa shape index (κ3) is 4.23. The second-order valence-corrected chi connectivity index (χ2v) is 11.3. The van der Waals surface area contributed by atoms with E-state index in [2.05, 4.69) is 34.6 Å². The van der Waals surface area contributed by atoms with Crippen molar-refractivity contribution in [2.24, 2.45) is 52.3 Å². The molecule has 28 heavy (non-hydrogen) atoms. The van der Waals surface area contributed by atoms with Gasteiger partial charge in [0.1, 0.15) is 0 Å². The number of fused-ring (bicyclic) bond motifs is 5. The molecule has 166 valence electrons. The predicted octanol–water partition coefficient (Wildman–Crippen LogP) is 9.38. The van der Waals surface area contributed by atoms with Gasteiger partial charge in [-0.25, -0.2) is 0 Å². The maximum Gasteiger partial charge on any atom is -0.0264 e. The van der Waals surface area contributed by atoms with E-state index in [1.165, 1.54) is 19.3 Å². The molecule has 0 radical (unpaired) electrons. The van der Waals surface area contributed by atoms with E-state index in [0.29, 0.717) is 10.8 Å². The van der Waals surface area contributed by atoms with Crippen LogP contribution in [0.1, 0.15) is 127 Å². The highest BCUT2D eigenvalue weighted by Gasteiger charge is 2.57. The molecule has 0 aromatic rings. The zero-order chi connectivity index (χ0) is 21.1. The first kappa shape index (κ1) is 24.3. The molecule has 4 aliphatic carbocycles. The fraction of sp³-hybridized carbons (Fsp3) is 1.00. The summed E-state index contributed by atoms with van der Waals surface area (Å²) >= 11 is 0. The van der Waals surface area contributed by atoms with Crippen LogP contribution in [0.3, 0.4) is 0 Å². The van der Waals surface area contributed by atoms with Crippen LogP contribution < -0.4 is 0 Å². The van der Waals surface area contributed by atoms with Crippen LogP contribution in [0, 0.1) is 52.3 Å². The van der Waals surface area contributed by atoms with Crippen molar-refractivity contribution in [1.82, 2.24) is 0 Å². The second kappa shape index (κ2) is 9.87. The minimum absolute atomic E-state index is 0.674. The van der Waals surface area contributed by atoms with Gasteiger partial charge in [0, 0.05) is 0 Å². The molecule has 0 aromatic carbocycles. The smallest absolute Gasteiger partial charge is 0.0264 e. The van der Waals surface area contributed by atoms with Crippen molar-refractivity contribution < 1.29 is 0 Å². The lowest BCUT2D eigenvalue weighted by atomic mass is 9.47. The lowest BCUT2D eigenvalue weighted by Gasteiger charge is -2.58. The summed E-state index contributed by atoms with van der Waals surface area (Å²) in [5.74, 6) is 7.37. The van der Waals surface area contributed by atoms with Gasteiger partial charge in [0.25, 0.3) is 0 Å². The van der Waals surface area contributed by atoms with Crippen LogP contribution in [-0.2, 0) is 0 Å². The SMILES string of the molecule is CC.CC.CC[C@@]1(C)CCC2C(CCC3[C@@H]2CC[C@]2(C)C(C(C)C)CC[C@@H]32)C1. The topological polar surface area (TPSA) is 0 Å². The normalized spacial score (nSPS) is 46.9. The molecule has 0 heteroatoms. The van der Waals surface area contributed by atoms with Gasteiger partial charge in [-0.3, -0.25) is 0 Å². The fourth-order valence-electron chi connectivity index (χ4n) is 8.64. The first-order valence-corrected chi connectivity index (χ1v) is 13.4. The lowest BCUT2D eigenvalue weighted by molar-refractivity contribution is -0.0822. The highest BCUT2D eigenvalue weighted by molar-refractivity contribution is 5.07. The maximum atomic E-state index is 2.70. The number of hydrogen-bond acceptors (Lipinski definition) is 0. The van der Waals surface area contributed by atoms with Gasteiger partial charge in [0.05, 0.1) is 0 Å². The van der Waals surface area contributed by atoms with Crippen molar-refractivity contribution in [3.05, 3.63) is 0 Å². The van der Waals surface area contributed by atoms with E-state index in [4.69, 9.17) is 0 Å². The van der Waals surface area contributed by atoms with Gasteiger partial charge in [-0.1, -0.05) is 68.7 Å². The molecule has 8 atom stereocenters. The average Bonchev–Trinajstić information content (AvgIpc) is 3.08. The van der Waals surface area contributed by atoms with Crippen LogP contribution in [0.25, 0.3) is 0 Å². The van der Waals surface area contributed by atoms with Crippen LogP contribution in [-0.4, -0.2) is 0 Å². The van der Waals surface area contributed by atoms with E-state index < -0.39 is 0 Å². The van der Waals surface area contributed by atoms with Crippen molar-refractivity contribution >= 4 is 0 Å². The monoisotopic (exact) mass is 390 g/mol. The van der Waals surface area contributed by atoms with Crippen LogP contribution in [0.2, 0.25) is 0 Å². The molecular weight excluding hydrogens is 336 g/mol. The van der Waals surface area contributed by atoms with Gasteiger partial charge in [0.2, 0.25) is 0 Å². The number of hydrogen-bond donors (Lipinski definition) is 0. The molecule has 4 saturated carbocycles. The Balaban J connectivity index is 0.000000660. The van der Waals surface area contributed by atoms with Crippen molar-refractivity contribution in [3.63, 3.8) is 0 Å². The van der Waals surface area contributed by atoms with E-state index in [-0.39, 0.29) is 0 Å². The molecule has 0 aliphatic heterocycles. The summed E-state index contributed by atoms with van der Waals surface area (Å²) in [5.41, 5.74) is 1.36. The molecule has 4 aliphatic rings. The Hall–Kier alpha value is 0. The third-order valence-corrected chi connectivity index (χ3v) is 10.1. The lowest BCUT2D eigenvalue weighted by Crippen LogP contribution is -2.49. The van der Waals surface area contributed by atoms with E-state index in [0.717, 1.165) is 41.4 Å². The Bertz CT molecular complexity index is 465. The first-order valence-electron chi connectivity index (χ1n) is 13.4. The molecule has 0 saturated heterocycles. The molecule has 0 heterocycles. The minimum Gasteiger partial charge on any atom is -0.0683 e. The van der Waals surface area contributed by atoms with Crippen LogP contribution in [0.15, 0.2) is 0 Å². The van der Waals surface area contributed by atoms with Gasteiger partial charge in [-0.2, -0.15) is 0 Å². The highest BCUT2D eigenvalue weighted by Crippen LogP contribution is 2.66. The largest absolute Gasteiger partial charge is 0.0683 e. The second-order valence-electron chi connectivity index (χ2n) is 11.3.